The van der Waals surface area contributed by atoms with Gasteiger partial charge in [0.25, 0.3) is 0 Å². The van der Waals surface area contributed by atoms with E-state index < -0.39 is 88.9 Å². The molecular formula is C109H99F3N2O28. The summed E-state index contributed by atoms with van der Waals surface area (Å²) in [7, 11) is 0. The van der Waals surface area contributed by atoms with Crippen LogP contribution in [0, 0.1) is 11.8 Å². The van der Waals surface area contributed by atoms with Crippen molar-refractivity contribution in [2.45, 2.75) is 91.7 Å². The van der Waals surface area contributed by atoms with Crippen LogP contribution in [-0.2, 0) is 81.0 Å². The number of ketones is 1. The number of nitrogens with zero attached hydrogens (tertiary/aromatic N) is 2. The van der Waals surface area contributed by atoms with E-state index in [1.165, 1.54) is 56.3 Å². The van der Waals surface area contributed by atoms with Crippen LogP contribution in [0.25, 0.3) is 32.3 Å². The first-order chi connectivity index (χ1) is 68.2. The van der Waals surface area contributed by atoms with Crippen molar-refractivity contribution in [1.82, 2.24) is 9.97 Å². The number of esters is 11. The van der Waals surface area contributed by atoms with E-state index in [0.29, 0.717) is 105 Å². The average Bonchev–Trinajstić information content (AvgIpc) is 0.801. The number of Topliss-reactive ketones (excluding diaryl/α,β-unsaturated/α-hetero) is 1. The fourth-order valence-corrected chi connectivity index (χ4v) is 12.8. The molecule has 33 heteroatoms. The van der Waals surface area contributed by atoms with Crippen molar-refractivity contribution >= 4 is 104 Å². The average molecular weight is 1940 g/mol. The van der Waals surface area contributed by atoms with Gasteiger partial charge in [0.15, 0.2) is 23.0 Å². The highest BCUT2D eigenvalue weighted by Crippen LogP contribution is 2.40. The molecule has 1 aromatic heterocycles. The van der Waals surface area contributed by atoms with Crippen LogP contribution >= 0.6 is 0 Å². The van der Waals surface area contributed by atoms with E-state index in [2.05, 4.69) is 61.3 Å². The zero-order chi connectivity index (χ0) is 102. The summed E-state index contributed by atoms with van der Waals surface area (Å²) >= 11 is 0. The summed E-state index contributed by atoms with van der Waals surface area (Å²) in [5.41, 5.74) is 1.36. The van der Waals surface area contributed by atoms with E-state index in [0.717, 1.165) is 79.2 Å². The van der Waals surface area contributed by atoms with Gasteiger partial charge in [-0.05, 0) is 231 Å². The Morgan fingerprint density at radius 1 is 0.317 bits per heavy atom. The molecule has 0 N–H and O–H groups in total. The molecule has 734 valence electrons. The second-order valence-corrected chi connectivity index (χ2v) is 31.3. The number of hydrogen-bond acceptors (Lipinski definition) is 30. The van der Waals surface area contributed by atoms with Gasteiger partial charge in [-0.25, -0.2) is 62.7 Å². The molecule has 0 aliphatic rings. The van der Waals surface area contributed by atoms with E-state index in [1.54, 1.807) is 117 Å². The predicted molar refractivity (Wildman–Crippen MR) is 514 cm³/mol. The Hall–Kier alpha value is -17.3. The minimum Gasteiger partial charge on any atom is -0.494 e. The standard InChI is InChI=1S/C61H60O16.C48H39F3N2O12/c1-7-56(63)72-27-11-9-8-10-26-69-50-21-18-42-33-46(16-14-44(42)35-50)59(66)76-52-23-25-53(49(37-52)32-41(6)62)77-61(68)47-17-15-45-36-51(22-19-43(45)34-47)75-60(67)48-20-24-54(70-28-12-30-73-57(64)39(2)3)55(38-48)71-29-13-31-74-58(65)40(4)5;1-5-43(54)61-20-7-19-59-40-16-11-32(25-41(40)60-22-23-62-44(55)6-2)9-8-31-10-12-34-26-35(14-13-33(34)24-31)46(57)64-37-15-17-39(38(27-37)48(49,50)51)65-47(58)36-28-52-42(53-29-36)18-21-63-45(56)30(3)4/h7,14-25,33-38H,1-2,4,8-13,26-32H2,3,5-6H3;5-6,10-17,24-29H,1-3,7,18-23H2,4H3. The summed E-state index contributed by atoms with van der Waals surface area (Å²) in [6.45, 7) is 28.3. The first-order valence-electron chi connectivity index (χ1n) is 44.4. The Morgan fingerprint density at radius 2 is 0.676 bits per heavy atom. The summed E-state index contributed by atoms with van der Waals surface area (Å²) in [5, 5.41) is 4.27. The van der Waals surface area contributed by atoms with E-state index in [9.17, 15) is 70.7 Å². The number of hydrogen-bond donors (Lipinski definition) is 0. The lowest BCUT2D eigenvalue weighted by atomic mass is 10.0. The molecule has 0 amide bonds. The first kappa shape index (κ1) is 107. The summed E-state index contributed by atoms with van der Waals surface area (Å²) in [4.78, 5) is 155. The molecule has 0 atom stereocenters. The Morgan fingerprint density at radius 3 is 1.20 bits per heavy atom. The number of carbonyl (C=O) groups excluding carboxylic acids is 12. The number of ether oxygens (including phenoxy) is 16. The molecule has 11 aromatic rings. The van der Waals surface area contributed by atoms with Gasteiger partial charge in [0.05, 0.1) is 87.3 Å². The van der Waals surface area contributed by atoms with Gasteiger partial charge in [0.1, 0.15) is 64.9 Å². The molecule has 10 aromatic carbocycles. The third-order valence-corrected chi connectivity index (χ3v) is 19.9. The van der Waals surface area contributed by atoms with Gasteiger partial charge in [-0.1, -0.05) is 87.7 Å². The molecule has 0 unspecified atom stereocenters. The molecule has 30 nitrogen and oxygen atoms in total. The van der Waals surface area contributed by atoms with Crippen molar-refractivity contribution in [2.24, 2.45) is 0 Å². The van der Waals surface area contributed by atoms with Crippen LogP contribution in [0.3, 0.4) is 0 Å². The van der Waals surface area contributed by atoms with Gasteiger partial charge in [-0.15, -0.1) is 0 Å². The second kappa shape index (κ2) is 53.4. The first-order valence-corrected chi connectivity index (χ1v) is 44.4. The topological polar surface area (TPSA) is 378 Å². The van der Waals surface area contributed by atoms with Crippen LogP contribution < -0.4 is 47.4 Å². The largest absolute Gasteiger partial charge is 0.494 e. The Kier molecular flexibility index (Phi) is 40.2. The quantitative estimate of drug-likeness (QED) is 0.00853. The van der Waals surface area contributed by atoms with Crippen molar-refractivity contribution < 1.29 is 146 Å². The van der Waals surface area contributed by atoms with Crippen molar-refractivity contribution in [1.29, 1.82) is 0 Å². The van der Waals surface area contributed by atoms with E-state index in [-0.39, 0.29) is 146 Å². The van der Waals surface area contributed by atoms with Crippen LogP contribution in [0.1, 0.15) is 153 Å². The summed E-state index contributed by atoms with van der Waals surface area (Å²) in [5.74, 6) is -0.0394. The number of aromatic nitrogens is 2. The Labute approximate surface area is 814 Å². The number of benzene rings is 10. The Bertz CT molecular complexity index is 6660. The van der Waals surface area contributed by atoms with Crippen molar-refractivity contribution in [3.8, 4) is 69.3 Å². The van der Waals surface area contributed by atoms with Gasteiger partial charge >= 0.3 is 71.8 Å². The summed E-state index contributed by atoms with van der Waals surface area (Å²) < 4.78 is 130. The third kappa shape index (κ3) is 33.8. The fraction of sp³-hybridized carbons (Fsp3) is 0.229. The molecule has 0 bridgehead atoms. The molecule has 142 heavy (non-hydrogen) atoms. The molecule has 0 aliphatic heterocycles. The third-order valence-electron chi connectivity index (χ3n) is 19.9. The minimum atomic E-state index is -5.01. The van der Waals surface area contributed by atoms with Crippen LogP contribution in [0.4, 0.5) is 13.2 Å². The van der Waals surface area contributed by atoms with Crippen LogP contribution in [0.5, 0.6) is 57.5 Å². The highest BCUT2D eigenvalue weighted by Gasteiger charge is 2.37. The SMILES string of the molecule is C=CC(=O)OCCCCCCOc1ccc2cc(C(=O)Oc3ccc(OC(=O)c4ccc5cc(OC(=O)c6ccc(OCCCOC(=O)C(=C)C)c(OCCCOC(=O)C(=C)C)c6)ccc5c4)c(CC(C)=O)c3)ccc2c1.C=CC(=O)OCCCOc1ccc(C#Cc2ccc3cc(C(=O)Oc4ccc(OC(=O)c5cnc(CCOC(=O)C(=C)C)nc5)c(C(F)(F)F)c4)ccc3c2)cc1OCCOC(=O)C=C. The molecule has 0 saturated heterocycles. The molecular weight excluding hydrogens is 1840 g/mol. The Balaban J connectivity index is 0.000000296. The predicted octanol–water partition coefficient (Wildman–Crippen LogP) is 19.0. The van der Waals surface area contributed by atoms with Crippen LogP contribution in [0.15, 0.2) is 269 Å². The lowest BCUT2D eigenvalue weighted by molar-refractivity contribution is -0.140. The summed E-state index contributed by atoms with van der Waals surface area (Å²) in [6.07, 6.45) is 4.93. The number of carbonyl (C=O) groups is 12. The van der Waals surface area contributed by atoms with Gasteiger partial charge in [-0.2, -0.15) is 13.2 Å². The molecule has 0 spiro atoms. The number of fused-ring (bicyclic) bond motifs is 3. The normalized spacial score (nSPS) is 10.7. The van der Waals surface area contributed by atoms with Gasteiger partial charge in [0.2, 0.25) is 0 Å². The van der Waals surface area contributed by atoms with Gasteiger partial charge < -0.3 is 75.8 Å². The molecule has 0 radical (unpaired) electrons. The van der Waals surface area contributed by atoms with E-state index in [4.69, 9.17) is 75.8 Å². The van der Waals surface area contributed by atoms with Crippen molar-refractivity contribution in [2.75, 3.05) is 72.7 Å². The molecule has 0 saturated carbocycles. The zero-order valence-electron chi connectivity index (χ0n) is 78.1. The highest BCUT2D eigenvalue weighted by atomic mass is 19.4. The maximum absolute atomic E-state index is 14.1. The molecule has 0 aliphatic carbocycles. The van der Waals surface area contributed by atoms with E-state index >= 15 is 0 Å². The van der Waals surface area contributed by atoms with Crippen molar-refractivity contribution in [3.63, 3.8) is 0 Å². The number of halogens is 3. The fourth-order valence-electron chi connectivity index (χ4n) is 12.8. The summed E-state index contributed by atoms with van der Waals surface area (Å²) in [6, 6.07) is 46.8. The van der Waals surface area contributed by atoms with Crippen molar-refractivity contribution in [3.05, 3.63) is 325 Å². The molecule has 0 fully saturated rings. The minimum absolute atomic E-state index is 0.0109. The van der Waals surface area contributed by atoms with Gasteiger partial charge in [-0.3, -0.25) is 4.79 Å². The monoisotopic (exact) mass is 1940 g/mol. The van der Waals surface area contributed by atoms with E-state index in [1.807, 2.05) is 18.2 Å². The maximum atomic E-state index is 14.1. The number of rotatable bonds is 48. The van der Waals surface area contributed by atoms with Crippen LogP contribution in [0.2, 0.25) is 0 Å². The molecule has 11 rings (SSSR count). The second-order valence-electron chi connectivity index (χ2n) is 31.3. The highest BCUT2D eigenvalue weighted by molar-refractivity contribution is 6.01. The molecule has 1 heterocycles. The number of alkyl halides is 3. The lowest BCUT2D eigenvalue weighted by Gasteiger charge is -2.15. The smallest absolute Gasteiger partial charge is 0.420 e. The maximum Gasteiger partial charge on any atom is 0.420 e. The lowest BCUT2D eigenvalue weighted by Crippen LogP contribution is -2.16. The number of unbranched alkanes of at least 4 members (excludes halogenated alkanes) is 3. The van der Waals surface area contributed by atoms with Crippen LogP contribution in [-0.4, -0.2) is 154 Å². The zero-order valence-corrected chi connectivity index (χ0v) is 78.1. The van der Waals surface area contributed by atoms with Gasteiger partial charge in [0, 0.05) is 96.1 Å².